The van der Waals surface area contributed by atoms with Crippen molar-refractivity contribution in [3.05, 3.63) is 34.9 Å². The van der Waals surface area contributed by atoms with Crippen LogP contribution in [-0.2, 0) is 4.74 Å². The molecule has 1 aromatic rings. The highest BCUT2D eigenvalue weighted by Crippen LogP contribution is 2.25. The van der Waals surface area contributed by atoms with Crippen LogP contribution >= 0.6 is 11.6 Å². The molecule has 0 saturated carbocycles. The number of nitrogens with zero attached hydrogens (tertiary/aromatic N) is 1. The number of nitrogens with one attached hydrogen (secondary N) is 1. The van der Waals surface area contributed by atoms with Crippen LogP contribution in [-0.4, -0.2) is 44.3 Å². The topological polar surface area (TPSA) is 24.5 Å². The molecule has 2 unspecified atom stereocenters. The van der Waals surface area contributed by atoms with E-state index in [2.05, 4.69) is 23.2 Å². The average Bonchev–Trinajstić information content (AvgIpc) is 2.43. The molecule has 0 bridgehead atoms. The minimum Gasteiger partial charge on any atom is -0.379 e. The van der Waals surface area contributed by atoms with Crippen molar-refractivity contribution >= 4 is 11.6 Å². The lowest BCUT2D eigenvalue weighted by atomic mass is 10.0. The molecular weight excluding hydrogens is 260 g/mol. The van der Waals surface area contributed by atoms with E-state index < -0.39 is 0 Å². The molecule has 0 aromatic heterocycles. The molecule has 4 heteroatoms. The second-order valence-corrected chi connectivity index (χ2v) is 5.52. The van der Waals surface area contributed by atoms with E-state index in [1.807, 2.05) is 25.2 Å². The minimum absolute atomic E-state index is 0.309. The largest absolute Gasteiger partial charge is 0.379 e. The van der Waals surface area contributed by atoms with E-state index in [1.54, 1.807) is 0 Å². The Hall–Kier alpha value is -0.610. The number of rotatable bonds is 5. The van der Waals surface area contributed by atoms with Gasteiger partial charge in [-0.3, -0.25) is 4.90 Å². The highest BCUT2D eigenvalue weighted by molar-refractivity contribution is 6.31. The third-order valence-electron chi connectivity index (χ3n) is 3.84. The summed E-state index contributed by atoms with van der Waals surface area (Å²) in [5.41, 5.74) is 1.19. The summed E-state index contributed by atoms with van der Waals surface area (Å²) in [7, 11) is 2.00. The fraction of sp³-hybridized carbons (Fsp3) is 0.600. The van der Waals surface area contributed by atoms with Crippen molar-refractivity contribution in [3.63, 3.8) is 0 Å². The van der Waals surface area contributed by atoms with Crippen molar-refractivity contribution in [1.29, 1.82) is 0 Å². The third-order valence-corrected chi connectivity index (χ3v) is 4.18. The predicted molar refractivity (Wildman–Crippen MR) is 79.7 cm³/mol. The minimum atomic E-state index is 0.309. The van der Waals surface area contributed by atoms with E-state index >= 15 is 0 Å². The summed E-state index contributed by atoms with van der Waals surface area (Å²) in [6.07, 6.45) is 1.06. The lowest BCUT2D eigenvalue weighted by molar-refractivity contribution is -0.00173. The maximum Gasteiger partial charge on any atom is 0.0619 e. The van der Waals surface area contributed by atoms with E-state index in [-0.39, 0.29) is 0 Å². The van der Waals surface area contributed by atoms with Gasteiger partial charge in [0.2, 0.25) is 0 Å². The van der Waals surface area contributed by atoms with Crippen molar-refractivity contribution in [2.75, 3.05) is 33.4 Å². The van der Waals surface area contributed by atoms with Gasteiger partial charge in [0.1, 0.15) is 0 Å². The Morgan fingerprint density at radius 2 is 2.26 bits per heavy atom. The highest BCUT2D eigenvalue weighted by atomic mass is 35.5. The summed E-state index contributed by atoms with van der Waals surface area (Å²) in [5.74, 6) is 0. The number of halogens is 1. The van der Waals surface area contributed by atoms with Crippen LogP contribution < -0.4 is 5.32 Å². The van der Waals surface area contributed by atoms with Gasteiger partial charge in [-0.25, -0.2) is 0 Å². The maximum atomic E-state index is 6.27. The first-order valence-corrected chi connectivity index (χ1v) is 7.33. The second kappa shape index (κ2) is 7.25. The highest BCUT2D eigenvalue weighted by Gasteiger charge is 2.20. The zero-order chi connectivity index (χ0) is 13.7. The van der Waals surface area contributed by atoms with Gasteiger partial charge in [-0.05, 0) is 32.0 Å². The predicted octanol–water partition coefficient (Wildman–Crippen LogP) is 2.71. The first kappa shape index (κ1) is 14.8. The van der Waals surface area contributed by atoms with E-state index in [1.165, 1.54) is 5.56 Å². The van der Waals surface area contributed by atoms with E-state index in [0.29, 0.717) is 12.1 Å². The molecule has 1 fully saturated rings. The lowest BCUT2D eigenvalue weighted by Crippen LogP contribution is -2.44. The van der Waals surface area contributed by atoms with Gasteiger partial charge in [0.05, 0.1) is 13.2 Å². The Kier molecular flexibility index (Phi) is 5.64. The Morgan fingerprint density at radius 1 is 1.47 bits per heavy atom. The van der Waals surface area contributed by atoms with Gasteiger partial charge in [0.15, 0.2) is 0 Å². The summed E-state index contributed by atoms with van der Waals surface area (Å²) >= 11 is 6.27. The van der Waals surface area contributed by atoms with Crippen LogP contribution in [0, 0.1) is 0 Å². The van der Waals surface area contributed by atoms with Crippen LogP contribution in [0.4, 0.5) is 0 Å². The van der Waals surface area contributed by atoms with Crippen LogP contribution in [0.1, 0.15) is 24.9 Å². The molecule has 1 aliphatic heterocycles. The summed E-state index contributed by atoms with van der Waals surface area (Å²) in [6.45, 7) is 6.02. The third kappa shape index (κ3) is 3.93. The van der Waals surface area contributed by atoms with Gasteiger partial charge in [0, 0.05) is 30.2 Å². The number of hydrogen-bond donors (Lipinski definition) is 1. The van der Waals surface area contributed by atoms with Crippen LogP contribution in [0.3, 0.4) is 0 Å². The molecule has 0 spiro atoms. The van der Waals surface area contributed by atoms with Crippen molar-refractivity contribution < 1.29 is 4.74 Å². The van der Waals surface area contributed by atoms with Crippen molar-refractivity contribution in [2.45, 2.75) is 25.4 Å². The Balaban J connectivity index is 1.94. The average molecular weight is 283 g/mol. The molecule has 106 valence electrons. The SMILES string of the molecule is CNC(CCN1CCOCC1C)c1ccccc1Cl. The molecule has 1 N–H and O–H groups in total. The van der Waals surface area contributed by atoms with Gasteiger partial charge in [-0.15, -0.1) is 0 Å². The molecule has 0 radical (unpaired) electrons. The van der Waals surface area contributed by atoms with Gasteiger partial charge in [-0.2, -0.15) is 0 Å². The summed E-state index contributed by atoms with van der Waals surface area (Å²) < 4.78 is 5.47. The fourth-order valence-corrected chi connectivity index (χ4v) is 2.87. The molecular formula is C15H23ClN2O. The smallest absolute Gasteiger partial charge is 0.0619 e. The number of hydrogen-bond acceptors (Lipinski definition) is 3. The zero-order valence-corrected chi connectivity index (χ0v) is 12.5. The van der Waals surface area contributed by atoms with Crippen LogP contribution in [0.25, 0.3) is 0 Å². The Morgan fingerprint density at radius 3 is 2.95 bits per heavy atom. The number of morpholine rings is 1. The van der Waals surface area contributed by atoms with Crippen molar-refractivity contribution in [1.82, 2.24) is 10.2 Å². The molecule has 2 rings (SSSR count). The molecule has 0 amide bonds. The summed E-state index contributed by atoms with van der Waals surface area (Å²) in [4.78, 5) is 2.49. The second-order valence-electron chi connectivity index (χ2n) is 5.11. The first-order chi connectivity index (χ1) is 9.22. The number of benzene rings is 1. The summed E-state index contributed by atoms with van der Waals surface area (Å²) in [5, 5.41) is 4.22. The van der Waals surface area contributed by atoms with Crippen LogP contribution in [0.5, 0.6) is 0 Å². The van der Waals surface area contributed by atoms with Gasteiger partial charge in [-0.1, -0.05) is 29.8 Å². The number of ether oxygens (including phenoxy) is 1. The van der Waals surface area contributed by atoms with E-state index in [4.69, 9.17) is 16.3 Å². The van der Waals surface area contributed by atoms with Crippen molar-refractivity contribution in [3.8, 4) is 0 Å². The van der Waals surface area contributed by atoms with Crippen LogP contribution in [0.15, 0.2) is 24.3 Å². The first-order valence-electron chi connectivity index (χ1n) is 6.96. The van der Waals surface area contributed by atoms with Gasteiger partial charge >= 0.3 is 0 Å². The Labute approximate surface area is 120 Å². The molecule has 1 aliphatic rings. The zero-order valence-electron chi connectivity index (χ0n) is 11.7. The maximum absolute atomic E-state index is 6.27. The van der Waals surface area contributed by atoms with E-state index in [9.17, 15) is 0 Å². The molecule has 3 nitrogen and oxygen atoms in total. The molecule has 2 atom stereocenters. The monoisotopic (exact) mass is 282 g/mol. The molecule has 1 heterocycles. The molecule has 1 aromatic carbocycles. The van der Waals surface area contributed by atoms with Gasteiger partial charge in [0.25, 0.3) is 0 Å². The Bertz CT molecular complexity index is 399. The quantitative estimate of drug-likeness (QED) is 0.899. The standard InChI is InChI=1S/C15H23ClN2O/c1-12-11-19-10-9-18(12)8-7-15(17-2)13-5-3-4-6-14(13)16/h3-6,12,15,17H,7-11H2,1-2H3. The molecule has 0 aliphatic carbocycles. The fourth-order valence-electron chi connectivity index (χ4n) is 2.60. The molecule has 1 saturated heterocycles. The van der Waals surface area contributed by atoms with Crippen LogP contribution in [0.2, 0.25) is 5.02 Å². The normalized spacial score (nSPS) is 22.4. The lowest BCUT2D eigenvalue weighted by Gasteiger charge is -2.34. The summed E-state index contributed by atoms with van der Waals surface area (Å²) in [6, 6.07) is 8.90. The van der Waals surface area contributed by atoms with Crippen molar-refractivity contribution in [2.24, 2.45) is 0 Å². The molecule has 19 heavy (non-hydrogen) atoms. The van der Waals surface area contributed by atoms with E-state index in [0.717, 1.165) is 37.7 Å². The van der Waals surface area contributed by atoms with Gasteiger partial charge < -0.3 is 10.1 Å².